The van der Waals surface area contributed by atoms with Gasteiger partial charge in [0.25, 0.3) is 5.91 Å². The molecule has 4 rings (SSSR count). The molecule has 7 nitrogen and oxygen atoms in total. The third-order valence-corrected chi connectivity index (χ3v) is 5.98. The van der Waals surface area contributed by atoms with Gasteiger partial charge in [-0.2, -0.15) is 5.10 Å². The molecule has 174 valence electrons. The summed E-state index contributed by atoms with van der Waals surface area (Å²) in [5.74, 6) is -0.318. The molecule has 0 spiro atoms. The van der Waals surface area contributed by atoms with Gasteiger partial charge >= 0.3 is 0 Å². The topological polar surface area (TPSA) is 84.3 Å². The van der Waals surface area contributed by atoms with Gasteiger partial charge in [-0.05, 0) is 36.4 Å². The first kappa shape index (κ1) is 23.5. The van der Waals surface area contributed by atoms with Crippen LogP contribution in [0.25, 0.3) is 16.9 Å². The summed E-state index contributed by atoms with van der Waals surface area (Å²) in [7, 11) is -1.86. The number of nitrogens with one attached hydrogen (secondary N) is 1. The van der Waals surface area contributed by atoms with E-state index < -0.39 is 10.0 Å². The van der Waals surface area contributed by atoms with Gasteiger partial charge in [0.2, 0.25) is 10.0 Å². The third-order valence-electron chi connectivity index (χ3n) is 5.14. The highest BCUT2D eigenvalue weighted by atomic mass is 35.5. The highest BCUT2D eigenvalue weighted by Gasteiger charge is 2.20. The number of rotatable bonds is 7. The van der Waals surface area contributed by atoms with Crippen LogP contribution in [0.2, 0.25) is 5.02 Å². The third kappa shape index (κ3) is 5.47. The number of amides is 1. The van der Waals surface area contributed by atoms with Gasteiger partial charge in [0.1, 0.15) is 0 Å². The Kier molecular flexibility index (Phi) is 6.72. The summed E-state index contributed by atoms with van der Waals surface area (Å²) in [4.78, 5) is 14.8. The van der Waals surface area contributed by atoms with Crippen LogP contribution in [-0.2, 0) is 16.6 Å². The fourth-order valence-electron chi connectivity index (χ4n) is 3.58. The highest BCUT2D eigenvalue weighted by molar-refractivity contribution is 7.92. The monoisotopic (exact) mass is 494 g/mol. The maximum absolute atomic E-state index is 13.3. The Hall–Kier alpha value is -3.62. The first-order valence-corrected chi connectivity index (χ1v) is 12.7. The molecule has 0 saturated carbocycles. The van der Waals surface area contributed by atoms with Crippen LogP contribution in [0.1, 0.15) is 15.9 Å². The molecule has 0 unspecified atom stereocenters. The Morgan fingerprint density at radius 1 is 1.00 bits per heavy atom. The SMILES string of the molecule is CN(Cc1cn(-c2ccccc2)nc1-c1ccc(Cl)cc1)C(=O)c1ccccc1NS(C)(=O)=O. The zero-order valence-electron chi connectivity index (χ0n) is 18.6. The average Bonchev–Trinajstić information content (AvgIpc) is 3.22. The van der Waals surface area contributed by atoms with Crippen molar-refractivity contribution in [2.45, 2.75) is 6.54 Å². The molecule has 0 radical (unpaired) electrons. The largest absolute Gasteiger partial charge is 0.337 e. The van der Waals surface area contributed by atoms with Crippen LogP contribution in [0.5, 0.6) is 0 Å². The van der Waals surface area contributed by atoms with Crippen molar-refractivity contribution in [3.05, 3.63) is 101 Å². The normalized spacial score (nSPS) is 11.3. The fraction of sp³-hybridized carbons (Fsp3) is 0.120. The first-order chi connectivity index (χ1) is 16.2. The summed E-state index contributed by atoms with van der Waals surface area (Å²) in [6.45, 7) is 0.261. The van der Waals surface area contributed by atoms with E-state index in [0.29, 0.717) is 5.02 Å². The second-order valence-corrected chi connectivity index (χ2v) is 10.1. The Balaban J connectivity index is 1.69. The molecule has 4 aromatic rings. The quantitative estimate of drug-likeness (QED) is 0.398. The van der Waals surface area contributed by atoms with E-state index in [1.165, 1.54) is 4.90 Å². The van der Waals surface area contributed by atoms with Gasteiger partial charge < -0.3 is 4.90 Å². The van der Waals surface area contributed by atoms with Gasteiger partial charge in [-0.25, -0.2) is 13.1 Å². The van der Waals surface area contributed by atoms with Crippen LogP contribution in [0, 0.1) is 0 Å². The number of para-hydroxylation sites is 2. The van der Waals surface area contributed by atoms with Crippen molar-refractivity contribution in [3.63, 3.8) is 0 Å². The van der Waals surface area contributed by atoms with E-state index in [4.69, 9.17) is 16.7 Å². The number of anilines is 1. The summed E-state index contributed by atoms with van der Waals surface area (Å²) >= 11 is 6.07. The molecule has 0 aliphatic carbocycles. The summed E-state index contributed by atoms with van der Waals surface area (Å²) in [5.41, 5.74) is 3.81. The van der Waals surface area contributed by atoms with Gasteiger partial charge in [0, 0.05) is 35.9 Å². The lowest BCUT2D eigenvalue weighted by molar-refractivity contribution is 0.0786. The number of carbonyl (C=O) groups is 1. The molecule has 0 aliphatic rings. The molecule has 0 aliphatic heterocycles. The van der Waals surface area contributed by atoms with Crippen molar-refractivity contribution in [2.24, 2.45) is 0 Å². The van der Waals surface area contributed by atoms with Crippen LogP contribution >= 0.6 is 11.6 Å². The van der Waals surface area contributed by atoms with Gasteiger partial charge in [-0.3, -0.25) is 9.52 Å². The van der Waals surface area contributed by atoms with E-state index in [1.54, 1.807) is 48.1 Å². The fourth-order valence-corrected chi connectivity index (χ4v) is 4.28. The number of halogens is 1. The van der Waals surface area contributed by atoms with Crippen molar-refractivity contribution in [3.8, 4) is 16.9 Å². The lowest BCUT2D eigenvalue weighted by Crippen LogP contribution is -2.27. The molecule has 0 bridgehead atoms. The maximum Gasteiger partial charge on any atom is 0.256 e. The Labute approximate surface area is 203 Å². The zero-order valence-corrected chi connectivity index (χ0v) is 20.2. The minimum atomic E-state index is -3.54. The van der Waals surface area contributed by atoms with Crippen LogP contribution in [0.4, 0.5) is 5.69 Å². The number of nitrogens with zero attached hydrogens (tertiary/aromatic N) is 3. The van der Waals surface area contributed by atoms with Crippen molar-refractivity contribution in [1.82, 2.24) is 14.7 Å². The van der Waals surface area contributed by atoms with E-state index in [-0.39, 0.29) is 23.7 Å². The number of benzene rings is 3. The lowest BCUT2D eigenvalue weighted by Gasteiger charge is -2.19. The lowest BCUT2D eigenvalue weighted by atomic mass is 10.1. The standard InChI is InChI=1S/C25H23ClN4O3S/c1-29(25(31)22-10-6-7-11-23(22)28-34(2,32)33)16-19-17-30(21-8-4-3-5-9-21)27-24(19)18-12-14-20(26)15-13-18/h3-15,17,28H,16H2,1-2H3. The van der Waals surface area contributed by atoms with Crippen molar-refractivity contribution in [2.75, 3.05) is 18.0 Å². The minimum Gasteiger partial charge on any atom is -0.337 e. The van der Waals surface area contributed by atoms with Crippen molar-refractivity contribution in [1.29, 1.82) is 0 Å². The van der Waals surface area contributed by atoms with E-state index in [9.17, 15) is 13.2 Å². The molecule has 0 fully saturated rings. The van der Waals surface area contributed by atoms with Gasteiger partial charge in [-0.1, -0.05) is 54.1 Å². The van der Waals surface area contributed by atoms with Crippen LogP contribution in [0.3, 0.4) is 0 Å². The number of hydrogen-bond acceptors (Lipinski definition) is 4. The Morgan fingerprint density at radius 3 is 2.32 bits per heavy atom. The van der Waals surface area contributed by atoms with Gasteiger partial charge in [0.05, 0.1) is 28.9 Å². The van der Waals surface area contributed by atoms with E-state index in [1.807, 2.05) is 48.7 Å². The summed E-state index contributed by atoms with van der Waals surface area (Å²) < 4.78 is 27.7. The van der Waals surface area contributed by atoms with Crippen molar-refractivity contribution < 1.29 is 13.2 Å². The van der Waals surface area contributed by atoms with Crippen LogP contribution in [0.15, 0.2) is 85.1 Å². The van der Waals surface area contributed by atoms with Crippen molar-refractivity contribution >= 4 is 33.2 Å². The van der Waals surface area contributed by atoms with Crippen LogP contribution < -0.4 is 4.72 Å². The number of carbonyl (C=O) groups excluding carboxylic acids is 1. The Morgan fingerprint density at radius 2 is 1.65 bits per heavy atom. The second-order valence-electron chi connectivity index (χ2n) is 7.87. The Bertz CT molecular complexity index is 1420. The molecule has 1 aromatic heterocycles. The zero-order chi connectivity index (χ0) is 24.3. The molecular formula is C25H23ClN4O3S. The van der Waals surface area contributed by atoms with Gasteiger partial charge in [-0.15, -0.1) is 0 Å². The molecule has 1 heterocycles. The van der Waals surface area contributed by atoms with E-state index in [2.05, 4.69) is 4.72 Å². The smallest absolute Gasteiger partial charge is 0.256 e. The molecule has 0 saturated heterocycles. The van der Waals surface area contributed by atoms with Crippen LogP contribution in [-0.4, -0.2) is 42.3 Å². The summed E-state index contributed by atoms with van der Waals surface area (Å²) in [6, 6.07) is 23.6. The maximum atomic E-state index is 13.3. The van der Waals surface area contributed by atoms with E-state index in [0.717, 1.165) is 28.8 Å². The number of hydrogen-bond donors (Lipinski definition) is 1. The summed E-state index contributed by atoms with van der Waals surface area (Å²) in [5, 5.41) is 5.40. The molecule has 9 heteroatoms. The number of aromatic nitrogens is 2. The summed E-state index contributed by atoms with van der Waals surface area (Å²) in [6.07, 6.45) is 2.94. The molecular weight excluding hydrogens is 472 g/mol. The van der Waals surface area contributed by atoms with E-state index >= 15 is 0 Å². The van der Waals surface area contributed by atoms with Gasteiger partial charge in [0.15, 0.2) is 0 Å². The predicted molar refractivity (Wildman–Crippen MR) is 135 cm³/mol. The minimum absolute atomic E-state index is 0.236. The molecule has 1 amide bonds. The number of sulfonamides is 1. The molecule has 0 atom stereocenters. The molecule has 3 aromatic carbocycles. The second kappa shape index (κ2) is 9.70. The highest BCUT2D eigenvalue weighted by Crippen LogP contribution is 2.27. The molecule has 34 heavy (non-hydrogen) atoms. The predicted octanol–water partition coefficient (Wildman–Crippen LogP) is 4.84. The first-order valence-electron chi connectivity index (χ1n) is 10.4. The average molecular weight is 495 g/mol. The molecule has 1 N–H and O–H groups in total.